The molecule has 1 rings (SSSR count). The number of sulfonamides is 1. The summed E-state index contributed by atoms with van der Waals surface area (Å²) in [6, 6.07) is 4.80. The molecule has 0 aromatic heterocycles. The lowest BCUT2D eigenvalue weighted by molar-refractivity contribution is -0.505. The fourth-order valence-corrected chi connectivity index (χ4v) is 2.03. The van der Waals surface area contributed by atoms with Crippen molar-refractivity contribution in [1.82, 2.24) is 4.72 Å². The van der Waals surface area contributed by atoms with Gasteiger partial charge in [-0.15, -0.1) is 0 Å². The van der Waals surface area contributed by atoms with Crippen LogP contribution >= 0.6 is 0 Å². The Labute approximate surface area is 124 Å². The minimum Gasteiger partial charge on any atom is -0.484 e. The highest BCUT2D eigenvalue weighted by molar-refractivity contribution is 7.88. The third-order valence-corrected chi connectivity index (χ3v) is 3.56. The van der Waals surface area contributed by atoms with E-state index in [0.717, 1.165) is 12.7 Å². The molecule has 0 heterocycles. The first-order chi connectivity index (χ1) is 9.78. The zero-order valence-electron chi connectivity index (χ0n) is 12.4. The summed E-state index contributed by atoms with van der Waals surface area (Å²) in [5, 5.41) is 9.00. The third-order valence-electron chi connectivity index (χ3n) is 2.89. The molecule has 2 N–H and O–H groups in total. The summed E-state index contributed by atoms with van der Waals surface area (Å²) < 4.78 is 30.9. The van der Waals surface area contributed by atoms with Gasteiger partial charge in [0.05, 0.1) is 17.1 Å². The van der Waals surface area contributed by atoms with Crippen molar-refractivity contribution in [3.8, 4) is 5.75 Å². The normalized spacial score (nSPS) is 13.0. The molecule has 0 bridgehead atoms. The SMILES string of the molecule is CCC(C)Oc1c(CNS(C)(=O)=O)cccc1[N+](=O)CO. The van der Waals surface area contributed by atoms with Gasteiger partial charge in [0.25, 0.3) is 6.73 Å². The quantitative estimate of drug-likeness (QED) is 0.556. The van der Waals surface area contributed by atoms with Gasteiger partial charge >= 0.3 is 5.69 Å². The van der Waals surface area contributed by atoms with Gasteiger partial charge in [0, 0.05) is 23.1 Å². The number of aliphatic hydroxyl groups excluding tert-OH is 1. The van der Waals surface area contributed by atoms with Crippen LogP contribution in [-0.4, -0.2) is 37.4 Å². The van der Waals surface area contributed by atoms with E-state index in [4.69, 9.17) is 9.84 Å². The molecule has 1 unspecified atom stereocenters. The summed E-state index contributed by atoms with van der Waals surface area (Å²) in [6.07, 6.45) is 1.64. The van der Waals surface area contributed by atoms with Crippen molar-refractivity contribution >= 4 is 15.7 Å². The van der Waals surface area contributed by atoms with Gasteiger partial charge in [0.1, 0.15) is 0 Å². The smallest absolute Gasteiger partial charge is 0.300 e. The topological polar surface area (TPSA) is 95.7 Å². The third kappa shape index (κ3) is 5.41. The van der Waals surface area contributed by atoms with E-state index in [9.17, 15) is 13.3 Å². The van der Waals surface area contributed by atoms with Crippen LogP contribution < -0.4 is 9.46 Å². The Morgan fingerprint density at radius 3 is 2.62 bits per heavy atom. The van der Waals surface area contributed by atoms with Crippen LogP contribution in [0.1, 0.15) is 25.8 Å². The van der Waals surface area contributed by atoms with Gasteiger partial charge in [-0.3, -0.25) is 0 Å². The zero-order valence-corrected chi connectivity index (χ0v) is 13.2. The Kier molecular flexibility index (Phi) is 6.25. The maximum absolute atomic E-state index is 11.7. The molecule has 0 saturated carbocycles. The number of hydrogen-bond acceptors (Lipinski definition) is 5. The van der Waals surface area contributed by atoms with Crippen LogP contribution in [0.2, 0.25) is 0 Å². The van der Waals surface area contributed by atoms with Crippen LogP contribution in [-0.2, 0) is 16.6 Å². The largest absolute Gasteiger partial charge is 0.484 e. The molecule has 0 aliphatic rings. The van der Waals surface area contributed by atoms with E-state index < -0.39 is 16.8 Å². The molecule has 8 heteroatoms. The minimum atomic E-state index is -3.36. The molecule has 1 aromatic rings. The van der Waals surface area contributed by atoms with Crippen LogP contribution in [0.4, 0.5) is 5.69 Å². The zero-order chi connectivity index (χ0) is 16.0. The van der Waals surface area contributed by atoms with Crippen molar-refractivity contribution in [1.29, 1.82) is 0 Å². The van der Waals surface area contributed by atoms with E-state index in [2.05, 4.69) is 4.72 Å². The van der Waals surface area contributed by atoms with Gasteiger partial charge in [-0.25, -0.2) is 13.1 Å². The van der Waals surface area contributed by atoms with Gasteiger partial charge in [-0.05, 0) is 13.3 Å². The van der Waals surface area contributed by atoms with Gasteiger partial charge in [0.2, 0.25) is 10.0 Å². The molecule has 0 radical (unpaired) electrons. The Morgan fingerprint density at radius 1 is 1.43 bits per heavy atom. The maximum atomic E-state index is 11.7. The lowest BCUT2D eigenvalue weighted by atomic mass is 10.1. The number of aliphatic hydroxyl groups is 1. The van der Waals surface area contributed by atoms with Gasteiger partial charge in [0.15, 0.2) is 5.75 Å². The second kappa shape index (κ2) is 7.48. The van der Waals surface area contributed by atoms with Crippen molar-refractivity contribution in [2.24, 2.45) is 0 Å². The number of benzene rings is 1. The standard InChI is InChI=1S/C13H21N2O5S/c1-4-10(2)20-13-11(8-14-21(3,18)19)6-5-7-12(13)15(17)9-16/h5-7,10,14,16H,4,8-9H2,1-3H3/q+1. The molecule has 0 fully saturated rings. The summed E-state index contributed by atoms with van der Waals surface area (Å²) >= 11 is 0. The first-order valence-electron chi connectivity index (χ1n) is 6.57. The van der Waals surface area contributed by atoms with Crippen LogP contribution in [0.5, 0.6) is 5.75 Å². The number of nitroso groups, excluding NO2 is 1. The number of hydrogen-bond donors (Lipinski definition) is 2. The number of para-hydroxylation sites is 1. The fraction of sp³-hybridized carbons (Fsp3) is 0.538. The highest BCUT2D eigenvalue weighted by atomic mass is 32.2. The van der Waals surface area contributed by atoms with E-state index in [1.165, 1.54) is 6.07 Å². The fourth-order valence-electron chi connectivity index (χ4n) is 1.61. The van der Waals surface area contributed by atoms with Crippen LogP contribution in [0.3, 0.4) is 0 Å². The summed E-state index contributed by atoms with van der Waals surface area (Å²) in [4.78, 5) is 11.7. The first-order valence-corrected chi connectivity index (χ1v) is 8.46. The van der Waals surface area contributed by atoms with Crippen molar-refractivity contribution in [2.45, 2.75) is 32.9 Å². The van der Waals surface area contributed by atoms with Crippen molar-refractivity contribution < 1.29 is 23.0 Å². The van der Waals surface area contributed by atoms with Crippen molar-refractivity contribution in [3.05, 3.63) is 28.7 Å². The predicted octanol–water partition coefficient (Wildman–Crippen LogP) is 1.27. The molecule has 1 atom stereocenters. The van der Waals surface area contributed by atoms with E-state index >= 15 is 0 Å². The average molecular weight is 317 g/mol. The van der Waals surface area contributed by atoms with E-state index in [1.807, 2.05) is 13.8 Å². The van der Waals surface area contributed by atoms with Gasteiger partial charge in [-0.2, -0.15) is 0 Å². The first kappa shape index (κ1) is 17.5. The average Bonchev–Trinajstić information content (AvgIpc) is 2.44. The number of rotatable bonds is 8. The predicted molar refractivity (Wildman–Crippen MR) is 78.9 cm³/mol. The summed E-state index contributed by atoms with van der Waals surface area (Å²) in [6.45, 7) is 3.08. The number of nitrogens with one attached hydrogen (secondary N) is 1. The molecule has 1 aromatic carbocycles. The van der Waals surface area contributed by atoms with E-state index in [0.29, 0.717) is 10.3 Å². The van der Waals surface area contributed by atoms with Crippen LogP contribution in [0, 0.1) is 4.91 Å². The van der Waals surface area contributed by atoms with Gasteiger partial charge in [-0.1, -0.05) is 19.1 Å². The van der Waals surface area contributed by atoms with E-state index in [-0.39, 0.29) is 24.1 Å². The van der Waals surface area contributed by atoms with Crippen molar-refractivity contribution in [3.63, 3.8) is 0 Å². The summed E-state index contributed by atoms with van der Waals surface area (Å²) in [5.74, 6) is 0.284. The minimum absolute atomic E-state index is 0.0116. The van der Waals surface area contributed by atoms with Crippen molar-refractivity contribution in [2.75, 3.05) is 13.0 Å². The molecule has 7 nitrogen and oxygen atoms in total. The lowest BCUT2D eigenvalue weighted by Crippen LogP contribution is -2.22. The highest BCUT2D eigenvalue weighted by Gasteiger charge is 2.24. The maximum Gasteiger partial charge on any atom is 0.300 e. The van der Waals surface area contributed by atoms with Crippen LogP contribution in [0.15, 0.2) is 18.2 Å². The summed E-state index contributed by atoms with van der Waals surface area (Å²) in [7, 11) is -3.36. The number of ether oxygens (including phenoxy) is 1. The Balaban J connectivity index is 3.18. The molecular weight excluding hydrogens is 296 g/mol. The molecule has 0 amide bonds. The summed E-state index contributed by atoms with van der Waals surface area (Å²) in [5.41, 5.74) is 0.707. The molecule has 0 aliphatic carbocycles. The lowest BCUT2D eigenvalue weighted by Gasteiger charge is -2.16. The second-order valence-corrected chi connectivity index (χ2v) is 6.55. The molecule has 0 saturated heterocycles. The monoisotopic (exact) mass is 317 g/mol. The molecular formula is C13H21N2O5S+. The van der Waals surface area contributed by atoms with Crippen LogP contribution in [0.25, 0.3) is 0 Å². The molecule has 21 heavy (non-hydrogen) atoms. The Bertz CT molecular complexity index is 601. The Morgan fingerprint density at radius 2 is 2.10 bits per heavy atom. The highest BCUT2D eigenvalue weighted by Crippen LogP contribution is 2.32. The van der Waals surface area contributed by atoms with E-state index in [1.54, 1.807) is 12.1 Å². The second-order valence-electron chi connectivity index (χ2n) is 4.72. The van der Waals surface area contributed by atoms with Gasteiger partial charge < -0.3 is 9.84 Å². The molecule has 0 spiro atoms. The molecule has 0 aliphatic heterocycles. The number of nitrogens with zero attached hydrogens (tertiary/aromatic N) is 1. The molecule has 118 valence electrons. The Hall–Kier alpha value is -1.51.